The van der Waals surface area contributed by atoms with Crippen LogP contribution in [-0.2, 0) is 0 Å². The third kappa shape index (κ3) is 2.19. The van der Waals surface area contributed by atoms with E-state index in [0.717, 1.165) is 13.1 Å². The molecular weight excluding hydrogens is 182 g/mol. The molecule has 0 spiro atoms. The Morgan fingerprint density at radius 3 is 2.36 bits per heavy atom. The van der Waals surface area contributed by atoms with Gasteiger partial charge in [0.05, 0.1) is 0 Å². The summed E-state index contributed by atoms with van der Waals surface area (Å²) in [4.78, 5) is 13.8. The first-order valence-electron chi connectivity index (χ1n) is 4.44. The number of nitrogens with two attached hydrogens (primary N) is 2. The molecule has 0 atom stereocenters. The van der Waals surface area contributed by atoms with Crippen LogP contribution < -0.4 is 21.9 Å². The highest BCUT2D eigenvalue weighted by atomic mass is 15.4. The zero-order valence-corrected chi connectivity index (χ0v) is 8.36. The molecular formula is C7H15N7. The summed E-state index contributed by atoms with van der Waals surface area (Å²) in [5, 5.41) is 0. The second-order valence-corrected chi connectivity index (χ2v) is 2.63. The summed E-state index contributed by atoms with van der Waals surface area (Å²) >= 11 is 0. The van der Waals surface area contributed by atoms with Gasteiger partial charge in [0.15, 0.2) is 0 Å². The van der Waals surface area contributed by atoms with E-state index in [1.165, 1.54) is 0 Å². The highest BCUT2D eigenvalue weighted by molar-refractivity contribution is 5.40. The topological polar surface area (TPSA) is 106 Å². The fourth-order valence-corrected chi connectivity index (χ4v) is 1.09. The minimum absolute atomic E-state index is 0.162. The van der Waals surface area contributed by atoms with E-state index in [1.54, 1.807) is 0 Å². The number of nitrogens with one attached hydrogen (secondary N) is 1. The highest BCUT2D eigenvalue weighted by Crippen LogP contribution is 2.10. The number of hydrogen-bond acceptors (Lipinski definition) is 7. The molecule has 0 amide bonds. The third-order valence-electron chi connectivity index (χ3n) is 1.82. The first-order chi connectivity index (χ1) is 6.71. The van der Waals surface area contributed by atoms with E-state index in [9.17, 15) is 0 Å². The van der Waals surface area contributed by atoms with Crippen LogP contribution in [0.2, 0.25) is 0 Å². The monoisotopic (exact) mass is 197 g/mol. The lowest BCUT2D eigenvalue weighted by molar-refractivity contribution is 0.815. The Morgan fingerprint density at radius 1 is 1.21 bits per heavy atom. The molecule has 0 aliphatic carbocycles. The SMILES string of the molecule is CCN(CC)c1nc(N)nc(NN)n1. The van der Waals surface area contributed by atoms with Crippen molar-refractivity contribution in [3.05, 3.63) is 0 Å². The molecule has 1 aromatic heterocycles. The number of nitrogens with zero attached hydrogens (tertiary/aromatic N) is 4. The minimum atomic E-state index is 0.162. The summed E-state index contributed by atoms with van der Waals surface area (Å²) in [5.41, 5.74) is 7.84. The molecule has 0 aromatic carbocycles. The van der Waals surface area contributed by atoms with Gasteiger partial charge >= 0.3 is 0 Å². The van der Waals surface area contributed by atoms with Gasteiger partial charge in [0, 0.05) is 13.1 Å². The summed E-state index contributed by atoms with van der Waals surface area (Å²) in [6, 6.07) is 0. The highest BCUT2D eigenvalue weighted by Gasteiger charge is 2.08. The average Bonchev–Trinajstić information content (AvgIpc) is 2.19. The Balaban J connectivity index is 3.01. The van der Waals surface area contributed by atoms with Crippen LogP contribution in [0.4, 0.5) is 17.8 Å². The van der Waals surface area contributed by atoms with Crippen LogP contribution in [0.25, 0.3) is 0 Å². The predicted octanol–water partition coefficient (Wildman–Crippen LogP) is -0.414. The average molecular weight is 197 g/mol. The molecule has 1 heterocycles. The fraction of sp³-hybridized carbons (Fsp3) is 0.571. The lowest BCUT2D eigenvalue weighted by Crippen LogP contribution is -2.26. The molecule has 0 radical (unpaired) electrons. The molecule has 14 heavy (non-hydrogen) atoms. The van der Waals surface area contributed by atoms with Gasteiger partial charge in [-0.2, -0.15) is 15.0 Å². The van der Waals surface area contributed by atoms with Crippen molar-refractivity contribution in [3.8, 4) is 0 Å². The van der Waals surface area contributed by atoms with Crippen LogP contribution in [0.15, 0.2) is 0 Å². The van der Waals surface area contributed by atoms with E-state index in [4.69, 9.17) is 11.6 Å². The van der Waals surface area contributed by atoms with Gasteiger partial charge in [-0.05, 0) is 13.8 Å². The first-order valence-corrected chi connectivity index (χ1v) is 4.44. The maximum absolute atomic E-state index is 5.50. The zero-order valence-electron chi connectivity index (χ0n) is 8.36. The lowest BCUT2D eigenvalue weighted by atomic mass is 10.5. The van der Waals surface area contributed by atoms with E-state index in [-0.39, 0.29) is 11.9 Å². The van der Waals surface area contributed by atoms with E-state index in [2.05, 4.69) is 20.4 Å². The Labute approximate surface area is 82.5 Å². The maximum atomic E-state index is 5.50. The summed E-state index contributed by atoms with van der Waals surface area (Å²) in [5.74, 6) is 6.17. The minimum Gasteiger partial charge on any atom is -0.368 e. The second-order valence-electron chi connectivity index (χ2n) is 2.63. The van der Waals surface area contributed by atoms with Gasteiger partial charge in [-0.15, -0.1) is 0 Å². The van der Waals surface area contributed by atoms with Crippen LogP contribution >= 0.6 is 0 Å². The number of anilines is 3. The molecule has 5 N–H and O–H groups in total. The van der Waals surface area contributed by atoms with Gasteiger partial charge in [0.1, 0.15) is 0 Å². The van der Waals surface area contributed by atoms with Gasteiger partial charge in [-0.25, -0.2) is 5.84 Å². The van der Waals surface area contributed by atoms with Crippen molar-refractivity contribution in [2.75, 3.05) is 29.1 Å². The molecule has 7 heteroatoms. The molecule has 0 saturated heterocycles. The molecule has 7 nitrogen and oxygen atoms in total. The molecule has 1 aromatic rings. The Morgan fingerprint density at radius 2 is 1.86 bits per heavy atom. The quantitative estimate of drug-likeness (QED) is 0.445. The number of nitrogen functional groups attached to an aromatic ring is 2. The van der Waals surface area contributed by atoms with E-state index in [1.807, 2.05) is 18.7 Å². The van der Waals surface area contributed by atoms with Crippen LogP contribution in [0.3, 0.4) is 0 Å². The summed E-state index contributed by atoms with van der Waals surface area (Å²) in [6.07, 6.45) is 0. The van der Waals surface area contributed by atoms with Crippen molar-refractivity contribution in [1.29, 1.82) is 0 Å². The second kappa shape index (κ2) is 4.56. The summed E-state index contributed by atoms with van der Waals surface area (Å²) in [7, 11) is 0. The van der Waals surface area contributed by atoms with Crippen molar-refractivity contribution >= 4 is 17.8 Å². The fourth-order valence-electron chi connectivity index (χ4n) is 1.09. The summed E-state index contributed by atoms with van der Waals surface area (Å²) < 4.78 is 0. The van der Waals surface area contributed by atoms with Crippen LogP contribution in [0, 0.1) is 0 Å². The number of hydrazine groups is 1. The first kappa shape index (κ1) is 10.5. The summed E-state index contributed by atoms with van der Waals surface area (Å²) in [6.45, 7) is 5.64. The smallest absolute Gasteiger partial charge is 0.243 e. The standard InChI is InChI=1S/C7H15N7/c1-3-14(4-2)7-11-5(8)10-6(12-7)13-9/h3-4,9H2,1-2H3,(H3,8,10,11,12,13). The molecule has 0 unspecified atom stereocenters. The normalized spacial score (nSPS) is 9.93. The number of hydrogen-bond donors (Lipinski definition) is 3. The molecule has 0 aliphatic rings. The van der Waals surface area contributed by atoms with Gasteiger partial charge in [-0.1, -0.05) is 0 Å². The molecule has 1 rings (SSSR count). The van der Waals surface area contributed by atoms with Crippen molar-refractivity contribution in [2.45, 2.75) is 13.8 Å². The Hall–Kier alpha value is -1.63. The molecule has 78 valence electrons. The molecule has 0 fully saturated rings. The largest absolute Gasteiger partial charge is 0.368 e. The Kier molecular flexibility index (Phi) is 3.41. The van der Waals surface area contributed by atoms with Crippen LogP contribution in [-0.4, -0.2) is 28.0 Å². The number of rotatable bonds is 4. The molecule has 0 aliphatic heterocycles. The van der Waals surface area contributed by atoms with Gasteiger partial charge in [0.25, 0.3) is 0 Å². The molecule has 0 bridgehead atoms. The molecule has 0 saturated carbocycles. The number of aromatic nitrogens is 3. The lowest BCUT2D eigenvalue weighted by Gasteiger charge is -2.18. The Bertz CT molecular complexity index is 296. The zero-order chi connectivity index (χ0) is 10.6. The van der Waals surface area contributed by atoms with Crippen molar-refractivity contribution in [2.24, 2.45) is 5.84 Å². The van der Waals surface area contributed by atoms with Crippen LogP contribution in [0.5, 0.6) is 0 Å². The van der Waals surface area contributed by atoms with Gasteiger partial charge in [-0.3, -0.25) is 5.43 Å². The van der Waals surface area contributed by atoms with Gasteiger partial charge in [0.2, 0.25) is 17.8 Å². The predicted molar refractivity (Wildman–Crippen MR) is 55.6 cm³/mol. The van der Waals surface area contributed by atoms with Crippen molar-refractivity contribution in [1.82, 2.24) is 15.0 Å². The van der Waals surface area contributed by atoms with E-state index < -0.39 is 0 Å². The van der Waals surface area contributed by atoms with Gasteiger partial charge < -0.3 is 10.6 Å². The van der Waals surface area contributed by atoms with E-state index >= 15 is 0 Å². The maximum Gasteiger partial charge on any atom is 0.243 e. The van der Waals surface area contributed by atoms with Crippen molar-refractivity contribution in [3.63, 3.8) is 0 Å². The van der Waals surface area contributed by atoms with Crippen LogP contribution in [0.1, 0.15) is 13.8 Å². The van der Waals surface area contributed by atoms with E-state index in [0.29, 0.717) is 5.95 Å². The van der Waals surface area contributed by atoms with Crippen molar-refractivity contribution < 1.29 is 0 Å². The third-order valence-corrected chi connectivity index (χ3v) is 1.82.